The Morgan fingerprint density at radius 2 is 0.619 bits per heavy atom. The monoisotopic (exact) mass is 990 g/mol. The molecule has 7 aromatic carbocycles. The average molecular weight is 991 g/mol. The third-order valence-electron chi connectivity index (χ3n) is 11.0. The molecule has 0 saturated heterocycles. The van der Waals surface area contributed by atoms with Crippen LogP contribution in [0.25, 0.3) is 0 Å². The molecule has 0 saturated carbocycles. The number of rotatable bonds is 15. The Morgan fingerprint density at radius 3 is 0.841 bits per heavy atom. The van der Waals surface area contributed by atoms with Gasteiger partial charge in [-0.05, 0) is 129 Å². The van der Waals surface area contributed by atoms with E-state index in [2.05, 4.69) is 206 Å². The molecule has 1 radical (unpaired) electrons. The second-order valence-corrected chi connectivity index (χ2v) is 23.6. The van der Waals surface area contributed by atoms with Gasteiger partial charge in [0.15, 0.2) is 0 Å². The standard InChI is InChI=1S/C47H43O3P3S.C8H12.Rh/c48-54(49,50)46-33-31-39(32-34-46)35-47(36-51(40-19-7-1-8-20-40)41-21-9-2-10-22-41,37-52(42-23-11-3-12-24-42)43-25-13-4-14-26-43)38-53(44-27-15-5-16-28-44)45-29-17-6-18-30-45;1-2-4-6-8-7-5-3-1;/h1-34H,35-38H2,(H,48,49,50);1-2,7-8H,3-6H2;/p-1/b;2-1-,8-7-;. The van der Waals surface area contributed by atoms with Crippen molar-refractivity contribution in [1.82, 2.24) is 0 Å². The van der Waals surface area contributed by atoms with Gasteiger partial charge in [0.1, 0.15) is 10.1 Å². The van der Waals surface area contributed by atoms with Crippen LogP contribution in [0.1, 0.15) is 31.2 Å². The number of allylic oxidation sites excluding steroid dienone is 4. The van der Waals surface area contributed by atoms with Crippen LogP contribution in [-0.4, -0.2) is 31.5 Å². The zero-order valence-corrected chi connectivity index (χ0v) is 40.5. The molecule has 8 heteroatoms. The Kier molecular flexibility index (Phi) is 19.0. The fourth-order valence-electron chi connectivity index (χ4n) is 8.03. The van der Waals surface area contributed by atoms with E-state index in [1.165, 1.54) is 69.6 Å². The second kappa shape index (κ2) is 24.8. The molecule has 0 fully saturated rings. The predicted octanol–water partition coefficient (Wildman–Crippen LogP) is 11.2. The molecule has 7 aromatic rings. The van der Waals surface area contributed by atoms with Gasteiger partial charge < -0.3 is 4.55 Å². The number of hydrogen-bond donors (Lipinski definition) is 0. The molecule has 0 N–H and O–H groups in total. The molecular formula is C55H54O3P3RhS-. The summed E-state index contributed by atoms with van der Waals surface area (Å²) >= 11 is 0. The molecule has 0 heterocycles. The quantitative estimate of drug-likeness (QED) is 0.0445. The maximum absolute atomic E-state index is 12.1. The minimum Gasteiger partial charge on any atom is -0.744 e. The van der Waals surface area contributed by atoms with Crippen LogP contribution in [-0.2, 0) is 36.0 Å². The summed E-state index contributed by atoms with van der Waals surface area (Å²) in [6, 6.07) is 72.5. The summed E-state index contributed by atoms with van der Waals surface area (Å²) in [7, 11) is -7.04. The van der Waals surface area contributed by atoms with Gasteiger partial charge in [-0.2, -0.15) is 0 Å². The summed E-state index contributed by atoms with van der Waals surface area (Å²) in [6.07, 6.45) is 17.5. The van der Waals surface area contributed by atoms with Crippen molar-refractivity contribution in [2.45, 2.75) is 37.0 Å². The smallest absolute Gasteiger partial charge is 0.124 e. The number of benzene rings is 7. The summed E-state index contributed by atoms with van der Waals surface area (Å²) in [5.74, 6) is 0. The first kappa shape index (κ1) is 48.3. The Labute approximate surface area is 392 Å². The Bertz CT molecular complexity index is 2200. The topological polar surface area (TPSA) is 57.2 Å². The molecule has 0 atom stereocenters. The van der Waals surface area contributed by atoms with E-state index in [9.17, 15) is 13.0 Å². The first-order valence-electron chi connectivity index (χ1n) is 21.3. The zero-order valence-electron chi connectivity index (χ0n) is 35.4. The Balaban J connectivity index is 0.000000662. The van der Waals surface area contributed by atoms with Gasteiger partial charge in [-0.3, -0.25) is 0 Å². The van der Waals surface area contributed by atoms with Crippen LogP contribution in [0.3, 0.4) is 0 Å². The molecule has 323 valence electrons. The van der Waals surface area contributed by atoms with Crippen molar-refractivity contribution in [1.29, 1.82) is 0 Å². The van der Waals surface area contributed by atoms with E-state index in [0.717, 1.165) is 30.5 Å². The van der Waals surface area contributed by atoms with Gasteiger partial charge in [0.2, 0.25) is 0 Å². The molecule has 0 spiro atoms. The molecule has 0 aromatic heterocycles. The molecule has 0 aliphatic heterocycles. The van der Waals surface area contributed by atoms with Gasteiger partial charge in [-0.15, -0.1) is 0 Å². The third-order valence-corrected chi connectivity index (χ3v) is 20.4. The van der Waals surface area contributed by atoms with Gasteiger partial charge in [0, 0.05) is 19.5 Å². The van der Waals surface area contributed by atoms with E-state index in [4.69, 9.17) is 0 Å². The fourth-order valence-corrected chi connectivity index (χ4v) is 17.2. The molecule has 8 rings (SSSR count). The second-order valence-electron chi connectivity index (χ2n) is 15.6. The van der Waals surface area contributed by atoms with E-state index in [0.29, 0.717) is 0 Å². The van der Waals surface area contributed by atoms with Crippen molar-refractivity contribution < 1.29 is 32.4 Å². The van der Waals surface area contributed by atoms with Crippen molar-refractivity contribution in [3.63, 3.8) is 0 Å². The van der Waals surface area contributed by atoms with Crippen LogP contribution in [0.2, 0.25) is 0 Å². The normalized spacial score (nSPS) is 13.8. The largest absolute Gasteiger partial charge is 0.744 e. The maximum Gasteiger partial charge on any atom is 0.124 e. The number of hydrogen-bond acceptors (Lipinski definition) is 3. The van der Waals surface area contributed by atoms with Crippen molar-refractivity contribution in [2.75, 3.05) is 18.5 Å². The summed E-state index contributed by atoms with van der Waals surface area (Å²) in [5.41, 5.74) is 0.759. The first-order chi connectivity index (χ1) is 30.4. The molecular weight excluding hydrogens is 936 g/mol. The van der Waals surface area contributed by atoms with Crippen molar-refractivity contribution in [3.8, 4) is 0 Å². The van der Waals surface area contributed by atoms with Crippen LogP contribution in [0.5, 0.6) is 0 Å². The van der Waals surface area contributed by atoms with Crippen LogP contribution >= 0.6 is 23.8 Å². The van der Waals surface area contributed by atoms with Crippen LogP contribution < -0.4 is 31.8 Å². The molecule has 0 amide bonds. The summed E-state index contributed by atoms with van der Waals surface area (Å²) < 4.78 is 36.2. The Hall–Kier alpha value is -4.16. The summed E-state index contributed by atoms with van der Waals surface area (Å²) in [5, 5.41) is 8.02. The third kappa shape index (κ3) is 14.4. The van der Waals surface area contributed by atoms with E-state index < -0.39 is 33.9 Å². The van der Waals surface area contributed by atoms with E-state index in [1.54, 1.807) is 0 Å². The zero-order chi connectivity index (χ0) is 42.9. The molecule has 3 nitrogen and oxygen atoms in total. The van der Waals surface area contributed by atoms with Gasteiger partial charge in [0.05, 0.1) is 4.90 Å². The maximum atomic E-state index is 12.1. The minimum absolute atomic E-state index is 0. The van der Waals surface area contributed by atoms with Crippen LogP contribution in [0.15, 0.2) is 235 Å². The minimum atomic E-state index is -4.58. The summed E-state index contributed by atoms with van der Waals surface area (Å²) in [6.45, 7) is 0. The van der Waals surface area contributed by atoms with Crippen molar-refractivity contribution >= 4 is 65.7 Å². The first-order valence-corrected chi connectivity index (χ1v) is 27.3. The van der Waals surface area contributed by atoms with Crippen LogP contribution in [0.4, 0.5) is 0 Å². The van der Waals surface area contributed by atoms with Crippen LogP contribution in [0, 0.1) is 5.41 Å². The molecule has 1 aliphatic carbocycles. The SMILES string of the molecule is C1=C\CC/C=C\CC/1.O=S(=O)([O-])c1ccc(CC(CP(c2ccccc2)c2ccccc2)(CP(c2ccccc2)c2ccccc2)CP(c2ccccc2)c2ccccc2)cc1.[Rh]. The molecule has 1 aliphatic rings. The summed E-state index contributed by atoms with van der Waals surface area (Å²) in [4.78, 5) is -0.195. The predicted molar refractivity (Wildman–Crippen MR) is 269 cm³/mol. The van der Waals surface area contributed by atoms with Gasteiger partial charge >= 0.3 is 0 Å². The Morgan fingerprint density at radius 1 is 0.381 bits per heavy atom. The molecule has 0 unspecified atom stereocenters. The van der Waals surface area contributed by atoms with Crippen molar-refractivity contribution in [3.05, 3.63) is 236 Å². The van der Waals surface area contributed by atoms with Gasteiger partial charge in [0.25, 0.3) is 0 Å². The van der Waals surface area contributed by atoms with E-state index in [1.807, 2.05) is 12.1 Å². The van der Waals surface area contributed by atoms with E-state index in [-0.39, 0.29) is 29.8 Å². The van der Waals surface area contributed by atoms with Gasteiger partial charge in [-0.1, -0.05) is 218 Å². The molecule has 0 bridgehead atoms. The van der Waals surface area contributed by atoms with E-state index >= 15 is 0 Å². The fraction of sp³-hybridized carbons (Fsp3) is 0.164. The average Bonchev–Trinajstić information content (AvgIpc) is 3.31. The van der Waals surface area contributed by atoms with Crippen molar-refractivity contribution in [2.24, 2.45) is 5.41 Å². The molecule has 63 heavy (non-hydrogen) atoms. The van der Waals surface area contributed by atoms with Gasteiger partial charge in [-0.25, -0.2) is 8.42 Å².